The van der Waals surface area contributed by atoms with Gasteiger partial charge in [-0.05, 0) is 74.3 Å². The summed E-state index contributed by atoms with van der Waals surface area (Å²) in [5.74, 6) is -0.896. The predicted molar refractivity (Wildman–Crippen MR) is 124 cm³/mol. The lowest BCUT2D eigenvalue weighted by Crippen LogP contribution is -2.75. The molecule has 1 heterocycles. The molecule has 0 radical (unpaired) electrons. The van der Waals surface area contributed by atoms with E-state index in [9.17, 15) is 33.0 Å². The second-order valence-corrected chi connectivity index (χ2v) is 8.79. The number of halogens is 3. The Hall–Kier alpha value is -3.04. The van der Waals surface area contributed by atoms with Gasteiger partial charge in [0.1, 0.15) is 5.75 Å². The highest BCUT2D eigenvalue weighted by atomic mass is 19.4. The third-order valence-electron chi connectivity index (χ3n) is 6.11. The smallest absolute Gasteiger partial charge is 0.416 e. The van der Waals surface area contributed by atoms with Gasteiger partial charge in [-0.1, -0.05) is 12.1 Å². The molecule has 2 atom stereocenters. The van der Waals surface area contributed by atoms with E-state index in [2.05, 4.69) is 9.89 Å². The average molecular weight is 492 g/mol. The first-order valence-corrected chi connectivity index (χ1v) is 11.7. The highest BCUT2D eigenvalue weighted by molar-refractivity contribution is 5.96. The Bertz CT molecular complexity index is 1010. The highest BCUT2D eigenvalue weighted by Crippen LogP contribution is 2.31. The molecule has 1 amide bonds. The van der Waals surface area contributed by atoms with E-state index >= 15 is 0 Å². The van der Waals surface area contributed by atoms with Crippen molar-refractivity contribution in [3.63, 3.8) is 0 Å². The number of carbonyl (C=O) groups is 2. The van der Waals surface area contributed by atoms with Crippen LogP contribution in [0.15, 0.2) is 48.5 Å². The van der Waals surface area contributed by atoms with Crippen LogP contribution in [-0.4, -0.2) is 52.7 Å². The number of aliphatic hydroxyl groups excluding tert-OH is 1. The van der Waals surface area contributed by atoms with Gasteiger partial charge in [-0.2, -0.15) is 18.2 Å². The Morgan fingerprint density at radius 2 is 1.63 bits per heavy atom. The van der Waals surface area contributed by atoms with Gasteiger partial charge < -0.3 is 15.1 Å². The number of benzene rings is 2. The van der Waals surface area contributed by atoms with Crippen molar-refractivity contribution in [3.8, 4) is 5.75 Å². The van der Waals surface area contributed by atoms with Gasteiger partial charge in [0, 0.05) is 18.5 Å². The van der Waals surface area contributed by atoms with Gasteiger partial charge in [0.25, 0.3) is 0 Å². The number of Topliss-reactive ketones (excluding diaryl/α,β-unsaturated/α-hetero) is 1. The zero-order chi connectivity index (χ0) is 25.4. The Morgan fingerprint density at radius 3 is 2.23 bits per heavy atom. The van der Waals surface area contributed by atoms with Crippen LogP contribution in [0.5, 0.6) is 5.75 Å². The molecule has 1 aliphatic heterocycles. The van der Waals surface area contributed by atoms with Gasteiger partial charge in [0.05, 0.1) is 24.0 Å². The summed E-state index contributed by atoms with van der Waals surface area (Å²) < 4.78 is 38.6. The van der Waals surface area contributed by atoms with Crippen molar-refractivity contribution >= 4 is 17.9 Å². The van der Waals surface area contributed by atoms with Gasteiger partial charge in [-0.15, -0.1) is 0 Å². The van der Waals surface area contributed by atoms with Gasteiger partial charge >= 0.3 is 12.1 Å². The van der Waals surface area contributed by atoms with Crippen LogP contribution < -0.4 is 4.99 Å². The summed E-state index contributed by atoms with van der Waals surface area (Å²) in [6.45, 7) is 2.18. The van der Waals surface area contributed by atoms with Crippen LogP contribution in [0.25, 0.3) is 0 Å². The number of aliphatic hydroxyl groups is 1. The molecule has 1 saturated heterocycles. The number of phenols is 1. The SMILES string of the molecule is O=C(CCCC(=O)c1ccc(O)cc1)[NH+]=CC(CN1CCCC1)[C@H](O)c1ccc(C(F)(F)F)cc1. The van der Waals surface area contributed by atoms with E-state index in [1.54, 1.807) is 0 Å². The normalized spacial score (nSPS) is 16.5. The van der Waals surface area contributed by atoms with Crippen LogP contribution in [-0.2, 0) is 11.0 Å². The molecule has 0 aliphatic carbocycles. The monoisotopic (exact) mass is 491 g/mol. The molecular weight excluding hydrogens is 461 g/mol. The standard InChI is InChI=1S/C26H29F3N2O4/c27-26(28,29)21-10-6-19(7-11-21)25(35)20(17-31-14-1-2-15-31)16-30-24(34)5-3-4-23(33)18-8-12-22(32)13-9-18/h6-13,16,20,25,32,35H,1-5,14-15,17H2/p+1/t20?,25-/m1/s1. The first-order chi connectivity index (χ1) is 16.6. The van der Waals surface area contributed by atoms with Crippen molar-refractivity contribution in [2.75, 3.05) is 19.6 Å². The van der Waals surface area contributed by atoms with Gasteiger partial charge in [-0.25, -0.2) is 4.79 Å². The first-order valence-electron chi connectivity index (χ1n) is 11.7. The zero-order valence-corrected chi connectivity index (χ0v) is 19.3. The molecule has 1 aliphatic rings. The van der Waals surface area contributed by atoms with Crippen molar-refractivity contribution in [1.29, 1.82) is 0 Å². The van der Waals surface area contributed by atoms with Crippen LogP contribution >= 0.6 is 0 Å². The number of aromatic hydroxyl groups is 1. The lowest BCUT2D eigenvalue weighted by Gasteiger charge is -2.23. The summed E-state index contributed by atoms with van der Waals surface area (Å²) >= 11 is 0. The quantitative estimate of drug-likeness (QED) is 0.351. The molecule has 2 aromatic carbocycles. The Morgan fingerprint density at radius 1 is 1.00 bits per heavy atom. The number of hydrogen-bond acceptors (Lipinski definition) is 5. The molecule has 35 heavy (non-hydrogen) atoms. The number of amides is 1. The first kappa shape index (κ1) is 26.6. The van der Waals surface area contributed by atoms with Crippen molar-refractivity contribution in [1.82, 2.24) is 4.90 Å². The molecule has 0 spiro atoms. The number of nitrogens with one attached hydrogen (secondary N) is 1. The van der Waals surface area contributed by atoms with Crippen LogP contribution in [0, 0.1) is 5.92 Å². The van der Waals surface area contributed by atoms with E-state index in [1.165, 1.54) is 42.6 Å². The maximum absolute atomic E-state index is 12.9. The molecule has 3 rings (SSSR count). The molecule has 9 heteroatoms. The molecule has 0 saturated carbocycles. The third-order valence-corrected chi connectivity index (χ3v) is 6.11. The fraction of sp³-hybridized carbons (Fsp3) is 0.423. The maximum atomic E-state index is 12.9. The summed E-state index contributed by atoms with van der Waals surface area (Å²) in [6, 6.07) is 10.3. The fourth-order valence-corrected chi connectivity index (χ4v) is 4.10. The number of rotatable bonds is 10. The summed E-state index contributed by atoms with van der Waals surface area (Å²) in [4.78, 5) is 29.4. The Labute approximate surface area is 202 Å². The molecule has 188 valence electrons. The summed E-state index contributed by atoms with van der Waals surface area (Å²) in [5, 5.41) is 20.2. The van der Waals surface area contributed by atoms with E-state index in [-0.39, 0.29) is 30.3 Å². The fourth-order valence-electron chi connectivity index (χ4n) is 4.10. The van der Waals surface area contributed by atoms with E-state index in [1.807, 2.05) is 0 Å². The van der Waals surface area contributed by atoms with Crippen molar-refractivity contribution in [2.45, 2.75) is 44.4 Å². The largest absolute Gasteiger partial charge is 0.508 e. The van der Waals surface area contributed by atoms with Crippen LogP contribution in [0.4, 0.5) is 13.2 Å². The molecule has 2 aromatic rings. The second kappa shape index (κ2) is 12.1. The predicted octanol–water partition coefficient (Wildman–Crippen LogP) is 2.89. The Kier molecular flexibility index (Phi) is 9.17. The number of hydrogen-bond donors (Lipinski definition) is 3. The lowest BCUT2D eigenvalue weighted by molar-refractivity contribution is -0.376. The number of likely N-dealkylation sites (tertiary alicyclic amines) is 1. The molecule has 3 N–H and O–H groups in total. The zero-order valence-electron chi connectivity index (χ0n) is 19.3. The maximum Gasteiger partial charge on any atom is 0.416 e. The summed E-state index contributed by atoms with van der Waals surface area (Å²) in [7, 11) is 0. The van der Waals surface area contributed by atoms with E-state index in [0.717, 1.165) is 38.1 Å². The minimum Gasteiger partial charge on any atom is -0.508 e. The van der Waals surface area contributed by atoms with Gasteiger partial charge in [0.15, 0.2) is 12.0 Å². The van der Waals surface area contributed by atoms with Gasteiger partial charge in [0.2, 0.25) is 0 Å². The molecule has 0 aromatic heterocycles. The van der Waals surface area contributed by atoms with E-state index in [0.29, 0.717) is 24.1 Å². The Balaban J connectivity index is 1.59. The highest BCUT2D eigenvalue weighted by Gasteiger charge is 2.31. The minimum absolute atomic E-state index is 0.0680. The van der Waals surface area contributed by atoms with Crippen LogP contribution in [0.3, 0.4) is 0 Å². The van der Waals surface area contributed by atoms with Crippen LogP contribution in [0.1, 0.15) is 59.7 Å². The second-order valence-electron chi connectivity index (χ2n) is 8.79. The van der Waals surface area contributed by atoms with Crippen LogP contribution in [0.2, 0.25) is 0 Å². The molecule has 6 nitrogen and oxygen atoms in total. The molecular formula is C26H30F3N2O4+. The third kappa shape index (κ3) is 8.00. The van der Waals surface area contributed by atoms with Crippen molar-refractivity contribution in [3.05, 3.63) is 65.2 Å². The molecule has 0 bridgehead atoms. The molecule has 1 fully saturated rings. The van der Waals surface area contributed by atoms with Crippen molar-refractivity contribution in [2.24, 2.45) is 5.92 Å². The van der Waals surface area contributed by atoms with E-state index < -0.39 is 23.8 Å². The number of carbonyl (C=O) groups excluding carboxylic acids is 2. The average Bonchev–Trinajstić information content (AvgIpc) is 3.34. The minimum atomic E-state index is -4.46. The van der Waals surface area contributed by atoms with Gasteiger partial charge in [-0.3, -0.25) is 4.79 Å². The number of ketones is 1. The number of alkyl halides is 3. The number of phenolic OH excluding ortho intramolecular Hbond substituents is 1. The topological polar surface area (TPSA) is 91.8 Å². The number of nitrogens with zero attached hydrogens (tertiary/aromatic N) is 1. The van der Waals surface area contributed by atoms with Crippen molar-refractivity contribution < 1.29 is 38.0 Å². The molecule has 1 unspecified atom stereocenters. The lowest BCUT2D eigenvalue weighted by atomic mass is 9.95. The summed E-state index contributed by atoms with van der Waals surface area (Å²) in [6.07, 6.45) is -1.37. The van der Waals surface area contributed by atoms with E-state index in [4.69, 9.17) is 0 Å². The summed E-state index contributed by atoms with van der Waals surface area (Å²) in [5.41, 5.74) is 0.0102.